The van der Waals surface area contributed by atoms with Gasteiger partial charge in [0, 0.05) is 13.1 Å². The molecule has 0 amide bonds. The number of carbonyl (C=O) groups excluding carboxylic acids is 2. The first-order valence-corrected chi connectivity index (χ1v) is 8.29. The maximum absolute atomic E-state index is 12.9. The summed E-state index contributed by atoms with van der Waals surface area (Å²) in [5, 5.41) is 0. The molecule has 134 valence electrons. The molecule has 0 unspecified atom stereocenters. The maximum Gasteiger partial charge on any atom is 0.342 e. The van der Waals surface area contributed by atoms with E-state index in [0.29, 0.717) is 18.7 Å². The molecule has 0 saturated heterocycles. The van der Waals surface area contributed by atoms with E-state index >= 15 is 0 Å². The Labute approximate surface area is 152 Å². The van der Waals surface area contributed by atoms with Gasteiger partial charge < -0.3 is 9.47 Å². The van der Waals surface area contributed by atoms with Gasteiger partial charge in [0.05, 0.1) is 14.2 Å². The SMILES string of the molecule is C=C1c2ccccc2CN(Cc2ccccc2)C1(C(=O)OC)C(=O)OC. The number of methoxy groups -OCH3 is 2. The second kappa shape index (κ2) is 7.14. The molecule has 0 fully saturated rings. The van der Waals surface area contributed by atoms with Crippen LogP contribution < -0.4 is 0 Å². The zero-order valence-electron chi connectivity index (χ0n) is 14.9. The first-order valence-electron chi connectivity index (χ1n) is 8.29. The van der Waals surface area contributed by atoms with Crippen LogP contribution in [0.3, 0.4) is 0 Å². The summed E-state index contributed by atoms with van der Waals surface area (Å²) in [6, 6.07) is 17.3. The highest BCUT2D eigenvalue weighted by molar-refractivity contribution is 6.17. The highest BCUT2D eigenvalue weighted by Gasteiger charge is 2.58. The van der Waals surface area contributed by atoms with Gasteiger partial charge in [-0.15, -0.1) is 0 Å². The molecule has 1 heterocycles. The number of carbonyl (C=O) groups is 2. The van der Waals surface area contributed by atoms with Crippen molar-refractivity contribution in [2.75, 3.05) is 14.2 Å². The van der Waals surface area contributed by atoms with Crippen LogP contribution in [0.1, 0.15) is 16.7 Å². The lowest BCUT2D eigenvalue weighted by atomic mass is 9.78. The van der Waals surface area contributed by atoms with Crippen LogP contribution in [0.25, 0.3) is 5.57 Å². The largest absolute Gasteiger partial charge is 0.467 e. The van der Waals surface area contributed by atoms with Gasteiger partial charge in [0.2, 0.25) is 5.54 Å². The lowest BCUT2D eigenvalue weighted by molar-refractivity contribution is -0.168. The summed E-state index contributed by atoms with van der Waals surface area (Å²) in [5.74, 6) is -1.39. The zero-order valence-corrected chi connectivity index (χ0v) is 14.9. The standard InChI is InChI=1S/C21H21NO4/c1-15-18-12-8-7-11-17(18)14-22(13-16-9-5-4-6-10-16)21(15,19(23)25-2)20(24)26-3/h4-12H,1,13-14H2,2-3H3. The van der Waals surface area contributed by atoms with E-state index in [2.05, 4.69) is 6.58 Å². The molecule has 0 aromatic heterocycles. The van der Waals surface area contributed by atoms with E-state index in [1.807, 2.05) is 54.6 Å². The van der Waals surface area contributed by atoms with Crippen molar-refractivity contribution in [3.8, 4) is 0 Å². The van der Waals surface area contributed by atoms with Gasteiger partial charge in [0.15, 0.2) is 0 Å². The fourth-order valence-corrected chi connectivity index (χ4v) is 3.52. The third kappa shape index (κ3) is 2.70. The number of rotatable bonds is 4. The van der Waals surface area contributed by atoms with Gasteiger partial charge in [-0.25, -0.2) is 9.59 Å². The monoisotopic (exact) mass is 351 g/mol. The van der Waals surface area contributed by atoms with Crippen molar-refractivity contribution in [3.63, 3.8) is 0 Å². The number of hydrogen-bond acceptors (Lipinski definition) is 5. The van der Waals surface area contributed by atoms with Crippen molar-refractivity contribution < 1.29 is 19.1 Å². The normalized spacial score (nSPS) is 15.8. The predicted molar refractivity (Wildman–Crippen MR) is 97.9 cm³/mol. The summed E-state index contributed by atoms with van der Waals surface area (Å²) in [4.78, 5) is 27.5. The zero-order chi connectivity index (χ0) is 18.7. The number of hydrogen-bond donors (Lipinski definition) is 0. The molecule has 2 aromatic rings. The molecule has 5 nitrogen and oxygen atoms in total. The molecule has 0 bridgehead atoms. The predicted octanol–water partition coefficient (Wildman–Crippen LogP) is 2.80. The molecular weight excluding hydrogens is 330 g/mol. The van der Waals surface area contributed by atoms with Gasteiger partial charge in [0.25, 0.3) is 0 Å². The lowest BCUT2D eigenvalue weighted by Crippen LogP contribution is -2.62. The highest BCUT2D eigenvalue weighted by Crippen LogP contribution is 2.42. The molecular formula is C21H21NO4. The Hall–Kier alpha value is -2.92. The Balaban J connectivity index is 2.18. The van der Waals surface area contributed by atoms with E-state index in [9.17, 15) is 9.59 Å². The third-order valence-corrected chi connectivity index (χ3v) is 4.79. The maximum atomic E-state index is 12.9. The van der Waals surface area contributed by atoms with E-state index in [0.717, 1.165) is 16.7 Å². The van der Waals surface area contributed by atoms with Gasteiger partial charge in [0.1, 0.15) is 0 Å². The molecule has 0 aliphatic carbocycles. The highest BCUT2D eigenvalue weighted by atomic mass is 16.5. The minimum Gasteiger partial charge on any atom is -0.467 e. The van der Waals surface area contributed by atoms with Crippen LogP contribution in [0.5, 0.6) is 0 Å². The average molecular weight is 351 g/mol. The summed E-state index contributed by atoms with van der Waals surface area (Å²) in [5.41, 5.74) is 1.39. The van der Waals surface area contributed by atoms with Crippen molar-refractivity contribution in [1.29, 1.82) is 0 Å². The Bertz CT molecular complexity index is 828. The first kappa shape index (κ1) is 17.9. The van der Waals surface area contributed by atoms with Crippen LogP contribution >= 0.6 is 0 Å². The van der Waals surface area contributed by atoms with Crippen LogP contribution in [0.2, 0.25) is 0 Å². The molecule has 1 aliphatic rings. The molecule has 0 spiro atoms. The second-order valence-electron chi connectivity index (χ2n) is 6.17. The second-order valence-corrected chi connectivity index (χ2v) is 6.17. The number of fused-ring (bicyclic) bond motifs is 1. The summed E-state index contributed by atoms with van der Waals surface area (Å²) in [6.07, 6.45) is 0. The van der Waals surface area contributed by atoms with Gasteiger partial charge in [-0.05, 0) is 22.3 Å². The van der Waals surface area contributed by atoms with Gasteiger partial charge >= 0.3 is 11.9 Å². The van der Waals surface area contributed by atoms with Crippen LogP contribution in [-0.4, -0.2) is 36.6 Å². The van der Waals surface area contributed by atoms with E-state index in [4.69, 9.17) is 9.47 Å². The van der Waals surface area contributed by atoms with E-state index in [1.54, 1.807) is 4.90 Å². The quantitative estimate of drug-likeness (QED) is 0.626. The fraction of sp³-hybridized carbons (Fsp3) is 0.238. The Morgan fingerprint density at radius 1 is 1.00 bits per heavy atom. The average Bonchev–Trinajstić information content (AvgIpc) is 2.68. The van der Waals surface area contributed by atoms with Gasteiger partial charge in [-0.1, -0.05) is 61.2 Å². The van der Waals surface area contributed by atoms with Crippen molar-refractivity contribution in [3.05, 3.63) is 77.9 Å². The molecule has 0 N–H and O–H groups in total. The molecule has 26 heavy (non-hydrogen) atoms. The Morgan fingerprint density at radius 2 is 1.58 bits per heavy atom. The fourth-order valence-electron chi connectivity index (χ4n) is 3.52. The Kier molecular flexibility index (Phi) is 4.91. The van der Waals surface area contributed by atoms with Crippen molar-refractivity contribution in [2.24, 2.45) is 0 Å². The van der Waals surface area contributed by atoms with Gasteiger partial charge in [-0.2, -0.15) is 0 Å². The number of nitrogens with zero attached hydrogens (tertiary/aromatic N) is 1. The Morgan fingerprint density at radius 3 is 2.19 bits per heavy atom. The summed E-state index contributed by atoms with van der Waals surface area (Å²) in [7, 11) is 2.53. The lowest BCUT2D eigenvalue weighted by Gasteiger charge is -2.44. The van der Waals surface area contributed by atoms with Crippen molar-refractivity contribution in [2.45, 2.75) is 18.6 Å². The number of benzene rings is 2. The topological polar surface area (TPSA) is 55.8 Å². The first-order chi connectivity index (χ1) is 12.6. The molecule has 5 heteroatoms. The van der Waals surface area contributed by atoms with Crippen LogP contribution in [0.4, 0.5) is 0 Å². The van der Waals surface area contributed by atoms with Crippen LogP contribution in [0.15, 0.2) is 61.2 Å². The molecule has 2 aromatic carbocycles. The minimum absolute atomic E-state index is 0.369. The number of esters is 2. The molecule has 3 rings (SSSR count). The van der Waals surface area contributed by atoms with Crippen LogP contribution in [-0.2, 0) is 32.2 Å². The van der Waals surface area contributed by atoms with Crippen LogP contribution in [0, 0.1) is 0 Å². The van der Waals surface area contributed by atoms with Gasteiger partial charge in [-0.3, -0.25) is 4.90 Å². The van der Waals surface area contributed by atoms with E-state index in [1.165, 1.54) is 14.2 Å². The van der Waals surface area contributed by atoms with Crippen molar-refractivity contribution in [1.82, 2.24) is 4.90 Å². The number of ether oxygens (including phenoxy) is 2. The summed E-state index contributed by atoms with van der Waals surface area (Å²) < 4.78 is 10.1. The van der Waals surface area contributed by atoms with Crippen molar-refractivity contribution >= 4 is 17.5 Å². The van der Waals surface area contributed by atoms with E-state index in [-0.39, 0.29) is 0 Å². The smallest absolute Gasteiger partial charge is 0.342 e. The molecule has 0 radical (unpaired) electrons. The minimum atomic E-state index is -1.71. The third-order valence-electron chi connectivity index (χ3n) is 4.79. The molecule has 0 atom stereocenters. The molecule has 1 aliphatic heterocycles. The summed E-state index contributed by atoms with van der Waals surface area (Å²) in [6.45, 7) is 4.87. The summed E-state index contributed by atoms with van der Waals surface area (Å²) >= 11 is 0. The van der Waals surface area contributed by atoms with E-state index < -0.39 is 17.5 Å². The molecule has 0 saturated carbocycles.